The lowest BCUT2D eigenvalue weighted by atomic mass is 9.94. The number of ether oxygens (including phenoxy) is 1. The van der Waals surface area contributed by atoms with Crippen molar-refractivity contribution in [3.63, 3.8) is 0 Å². The van der Waals surface area contributed by atoms with E-state index in [1.165, 1.54) is 6.26 Å². The van der Waals surface area contributed by atoms with Crippen LogP contribution in [0.2, 0.25) is 0 Å². The number of furan rings is 1. The van der Waals surface area contributed by atoms with Crippen molar-refractivity contribution >= 4 is 5.91 Å². The summed E-state index contributed by atoms with van der Waals surface area (Å²) in [4.78, 5) is 11.7. The molecule has 0 saturated carbocycles. The number of nitrogens with one attached hydrogen (secondary N) is 1. The van der Waals surface area contributed by atoms with Gasteiger partial charge in [0.15, 0.2) is 0 Å². The minimum atomic E-state index is -0.841. The van der Waals surface area contributed by atoms with Crippen LogP contribution in [0.25, 0.3) is 0 Å². The van der Waals surface area contributed by atoms with Crippen molar-refractivity contribution in [2.75, 3.05) is 19.8 Å². The second kappa shape index (κ2) is 4.89. The van der Waals surface area contributed by atoms with Crippen LogP contribution in [-0.4, -0.2) is 36.4 Å². The first-order chi connectivity index (χ1) is 8.09. The summed E-state index contributed by atoms with van der Waals surface area (Å²) >= 11 is 0. The molecule has 1 aromatic rings. The zero-order valence-electron chi connectivity index (χ0n) is 9.86. The zero-order chi connectivity index (χ0) is 12.3. The topological polar surface area (TPSA) is 71.7 Å². The maximum absolute atomic E-state index is 11.7. The van der Waals surface area contributed by atoms with Gasteiger partial charge in [0, 0.05) is 32.6 Å². The summed E-state index contributed by atoms with van der Waals surface area (Å²) in [5.41, 5.74) is -0.356. The van der Waals surface area contributed by atoms with Gasteiger partial charge in [0.05, 0.1) is 11.2 Å². The Kier molecular flexibility index (Phi) is 3.49. The molecule has 2 rings (SSSR count). The minimum absolute atomic E-state index is 0.221. The van der Waals surface area contributed by atoms with Crippen LogP contribution in [-0.2, 0) is 4.74 Å². The number of hydrogen-bond donors (Lipinski definition) is 2. The smallest absolute Gasteiger partial charge is 0.254 e. The fraction of sp³-hybridized carbons (Fsp3) is 0.583. The van der Waals surface area contributed by atoms with Gasteiger partial charge in [-0.25, -0.2) is 0 Å². The van der Waals surface area contributed by atoms with Crippen LogP contribution in [0, 0.1) is 6.92 Å². The number of rotatable bonds is 3. The largest absolute Gasteiger partial charge is 0.469 e. The highest BCUT2D eigenvalue weighted by atomic mass is 16.5. The van der Waals surface area contributed by atoms with Crippen LogP contribution in [0.15, 0.2) is 16.7 Å². The minimum Gasteiger partial charge on any atom is -0.469 e. The van der Waals surface area contributed by atoms with E-state index in [4.69, 9.17) is 9.15 Å². The summed E-state index contributed by atoms with van der Waals surface area (Å²) in [6.07, 6.45) is 2.52. The van der Waals surface area contributed by atoms with Gasteiger partial charge in [-0.05, 0) is 13.0 Å². The molecule has 1 fully saturated rings. The summed E-state index contributed by atoms with van der Waals surface area (Å²) in [5.74, 6) is 0.474. The quantitative estimate of drug-likeness (QED) is 0.820. The van der Waals surface area contributed by atoms with E-state index >= 15 is 0 Å². The molecule has 2 heterocycles. The summed E-state index contributed by atoms with van der Waals surface area (Å²) in [5, 5.41) is 12.9. The molecule has 17 heavy (non-hydrogen) atoms. The van der Waals surface area contributed by atoms with E-state index in [0.29, 0.717) is 37.4 Å². The van der Waals surface area contributed by atoms with Crippen molar-refractivity contribution in [2.45, 2.75) is 25.4 Å². The van der Waals surface area contributed by atoms with Crippen LogP contribution in [0.3, 0.4) is 0 Å². The van der Waals surface area contributed by atoms with Crippen LogP contribution >= 0.6 is 0 Å². The van der Waals surface area contributed by atoms with E-state index in [9.17, 15) is 9.90 Å². The molecular formula is C12H17NO4. The SMILES string of the molecule is Cc1cc(C(=O)NCC2(O)CCOCC2)co1. The standard InChI is InChI=1S/C12H17NO4/c1-9-6-10(7-17-9)11(14)13-8-12(15)2-4-16-5-3-12/h6-7,15H,2-5,8H2,1H3,(H,13,14). The Labute approximate surface area is 99.8 Å². The van der Waals surface area contributed by atoms with Crippen molar-refractivity contribution in [3.05, 3.63) is 23.7 Å². The lowest BCUT2D eigenvalue weighted by Crippen LogP contribution is -2.46. The van der Waals surface area contributed by atoms with Crippen molar-refractivity contribution in [2.24, 2.45) is 0 Å². The first-order valence-corrected chi connectivity index (χ1v) is 5.73. The zero-order valence-corrected chi connectivity index (χ0v) is 9.86. The Bertz CT molecular complexity index is 393. The third kappa shape index (κ3) is 3.08. The van der Waals surface area contributed by atoms with E-state index in [1.54, 1.807) is 13.0 Å². The van der Waals surface area contributed by atoms with E-state index < -0.39 is 5.60 Å². The number of hydrogen-bond acceptors (Lipinski definition) is 4. The predicted octanol–water partition coefficient (Wildman–Crippen LogP) is 0.859. The Hall–Kier alpha value is -1.33. The molecule has 0 unspecified atom stereocenters. The van der Waals surface area contributed by atoms with Gasteiger partial charge < -0.3 is 19.6 Å². The Morgan fingerprint density at radius 3 is 2.82 bits per heavy atom. The highest BCUT2D eigenvalue weighted by Gasteiger charge is 2.30. The number of aliphatic hydroxyl groups is 1. The van der Waals surface area contributed by atoms with Crippen molar-refractivity contribution in [3.8, 4) is 0 Å². The molecule has 0 spiro atoms. The van der Waals surface area contributed by atoms with E-state index in [-0.39, 0.29) is 12.5 Å². The van der Waals surface area contributed by atoms with Crippen molar-refractivity contribution < 1.29 is 19.1 Å². The fourth-order valence-corrected chi connectivity index (χ4v) is 1.84. The van der Waals surface area contributed by atoms with E-state index in [2.05, 4.69) is 5.32 Å². The van der Waals surface area contributed by atoms with Crippen LogP contribution < -0.4 is 5.32 Å². The number of carbonyl (C=O) groups is 1. The van der Waals surface area contributed by atoms with E-state index in [1.807, 2.05) is 0 Å². The summed E-state index contributed by atoms with van der Waals surface area (Å²) in [6.45, 7) is 3.11. The molecular weight excluding hydrogens is 222 g/mol. The van der Waals surface area contributed by atoms with E-state index in [0.717, 1.165) is 0 Å². The highest BCUT2D eigenvalue weighted by molar-refractivity contribution is 5.93. The maximum atomic E-state index is 11.7. The second-order valence-corrected chi connectivity index (χ2v) is 4.47. The molecule has 0 radical (unpaired) electrons. The molecule has 1 saturated heterocycles. The van der Waals surface area contributed by atoms with Gasteiger partial charge in [-0.2, -0.15) is 0 Å². The molecule has 1 aliphatic rings. The molecule has 94 valence electrons. The molecule has 1 aliphatic heterocycles. The van der Waals surface area contributed by atoms with Crippen LogP contribution in [0.5, 0.6) is 0 Å². The molecule has 2 N–H and O–H groups in total. The normalized spacial score (nSPS) is 18.9. The van der Waals surface area contributed by atoms with Crippen molar-refractivity contribution in [1.29, 1.82) is 0 Å². The van der Waals surface area contributed by atoms with Gasteiger partial charge in [-0.15, -0.1) is 0 Å². The van der Waals surface area contributed by atoms with Gasteiger partial charge >= 0.3 is 0 Å². The van der Waals surface area contributed by atoms with Gasteiger partial charge in [-0.3, -0.25) is 4.79 Å². The monoisotopic (exact) mass is 239 g/mol. The molecule has 0 bridgehead atoms. The summed E-state index contributed by atoms with van der Waals surface area (Å²) in [7, 11) is 0. The number of aryl methyl sites for hydroxylation is 1. The number of amides is 1. The van der Waals surface area contributed by atoms with Gasteiger partial charge in [0.2, 0.25) is 0 Å². The summed E-state index contributed by atoms with van der Waals surface area (Å²) < 4.78 is 10.2. The lowest BCUT2D eigenvalue weighted by Gasteiger charge is -2.31. The average Bonchev–Trinajstić information content (AvgIpc) is 2.74. The third-order valence-electron chi connectivity index (χ3n) is 2.99. The molecule has 0 aromatic carbocycles. The van der Waals surface area contributed by atoms with Gasteiger partial charge in [0.25, 0.3) is 5.91 Å². The Balaban J connectivity index is 1.87. The third-order valence-corrected chi connectivity index (χ3v) is 2.99. The van der Waals surface area contributed by atoms with Crippen molar-refractivity contribution in [1.82, 2.24) is 5.32 Å². The van der Waals surface area contributed by atoms with Crippen LogP contribution in [0.1, 0.15) is 29.0 Å². The van der Waals surface area contributed by atoms with Gasteiger partial charge in [0.1, 0.15) is 12.0 Å². The predicted molar refractivity (Wildman–Crippen MR) is 60.8 cm³/mol. The first-order valence-electron chi connectivity index (χ1n) is 5.73. The summed E-state index contributed by atoms with van der Waals surface area (Å²) in [6, 6.07) is 1.67. The maximum Gasteiger partial charge on any atom is 0.254 e. The molecule has 0 aliphatic carbocycles. The fourth-order valence-electron chi connectivity index (χ4n) is 1.84. The average molecular weight is 239 g/mol. The molecule has 1 aromatic heterocycles. The lowest BCUT2D eigenvalue weighted by molar-refractivity contribution is -0.0605. The molecule has 5 nitrogen and oxygen atoms in total. The highest BCUT2D eigenvalue weighted by Crippen LogP contribution is 2.19. The molecule has 0 atom stereocenters. The first kappa shape index (κ1) is 12.1. The van der Waals surface area contributed by atoms with Gasteiger partial charge in [-0.1, -0.05) is 0 Å². The molecule has 1 amide bonds. The Morgan fingerprint density at radius 1 is 1.53 bits per heavy atom. The molecule has 5 heteroatoms. The second-order valence-electron chi connectivity index (χ2n) is 4.47. The Morgan fingerprint density at radius 2 is 2.24 bits per heavy atom. The van der Waals surface area contributed by atoms with Crippen LogP contribution in [0.4, 0.5) is 0 Å². The number of carbonyl (C=O) groups excluding carboxylic acids is 1.